The summed E-state index contributed by atoms with van der Waals surface area (Å²) in [6.45, 7) is 0. The van der Waals surface area contributed by atoms with Crippen LogP contribution in [0.5, 0.6) is 11.6 Å². The van der Waals surface area contributed by atoms with E-state index in [1.807, 2.05) is 12.1 Å². The molecule has 25 heavy (non-hydrogen) atoms. The zero-order chi connectivity index (χ0) is 17.8. The molecule has 0 aliphatic heterocycles. The molecular weight excluding hydrogens is 394 g/mol. The summed E-state index contributed by atoms with van der Waals surface area (Å²) >= 11 is 3.34. The minimum Gasteiger partial charge on any atom is -0.439 e. The van der Waals surface area contributed by atoms with Gasteiger partial charge in [0, 0.05) is 22.8 Å². The third-order valence-corrected chi connectivity index (χ3v) is 3.69. The van der Waals surface area contributed by atoms with E-state index in [2.05, 4.69) is 26.2 Å². The molecule has 0 fully saturated rings. The molecule has 1 N–H and O–H groups in total. The first kappa shape index (κ1) is 17.0. The highest BCUT2D eigenvalue weighted by molar-refractivity contribution is 9.10. The van der Waals surface area contributed by atoms with Crippen molar-refractivity contribution >= 4 is 27.5 Å². The molecule has 2 aromatic carbocycles. The fraction of sp³-hybridized carbons (Fsp3) is 0. The normalized spacial score (nSPS) is 10.4. The van der Waals surface area contributed by atoms with Gasteiger partial charge < -0.3 is 10.1 Å². The number of aromatic nitrogens is 1. The number of halogens is 3. The van der Waals surface area contributed by atoms with Crippen LogP contribution in [0.1, 0.15) is 10.4 Å². The number of nitrogens with zero attached hydrogens (tertiary/aromatic N) is 1. The molecule has 0 aliphatic carbocycles. The summed E-state index contributed by atoms with van der Waals surface area (Å²) in [5.74, 6) is -1.23. The second-order valence-electron chi connectivity index (χ2n) is 5.02. The van der Waals surface area contributed by atoms with Crippen molar-refractivity contribution in [3.63, 3.8) is 0 Å². The topological polar surface area (TPSA) is 51.2 Å². The molecular formula is C18H11BrF2N2O2. The molecule has 0 aliphatic rings. The smallest absolute Gasteiger partial charge is 0.257 e. The van der Waals surface area contributed by atoms with Crippen molar-refractivity contribution in [3.8, 4) is 11.6 Å². The van der Waals surface area contributed by atoms with Crippen LogP contribution in [-0.4, -0.2) is 10.9 Å². The number of carbonyl (C=O) groups is 1. The predicted molar refractivity (Wildman–Crippen MR) is 92.8 cm³/mol. The highest BCUT2D eigenvalue weighted by Crippen LogP contribution is 2.23. The van der Waals surface area contributed by atoms with E-state index in [0.717, 1.165) is 16.6 Å². The van der Waals surface area contributed by atoms with Gasteiger partial charge in [0.25, 0.3) is 5.91 Å². The lowest BCUT2D eigenvalue weighted by Crippen LogP contribution is -2.13. The van der Waals surface area contributed by atoms with E-state index >= 15 is 0 Å². The molecule has 3 aromatic rings. The van der Waals surface area contributed by atoms with Crippen LogP contribution < -0.4 is 10.1 Å². The summed E-state index contributed by atoms with van der Waals surface area (Å²) in [4.78, 5) is 16.2. The van der Waals surface area contributed by atoms with Crippen molar-refractivity contribution in [2.75, 3.05) is 5.32 Å². The Balaban J connectivity index is 1.70. The Kier molecular flexibility index (Phi) is 5.04. The zero-order valence-electron chi connectivity index (χ0n) is 12.7. The van der Waals surface area contributed by atoms with Gasteiger partial charge in [-0.25, -0.2) is 13.8 Å². The van der Waals surface area contributed by atoms with Crippen molar-refractivity contribution in [1.82, 2.24) is 4.98 Å². The van der Waals surface area contributed by atoms with Crippen LogP contribution in [0, 0.1) is 11.6 Å². The molecule has 0 spiro atoms. The van der Waals surface area contributed by atoms with Gasteiger partial charge in [-0.15, -0.1) is 0 Å². The lowest BCUT2D eigenvalue weighted by molar-refractivity contribution is 0.102. The number of benzene rings is 2. The first-order valence-corrected chi connectivity index (χ1v) is 7.96. The van der Waals surface area contributed by atoms with Crippen molar-refractivity contribution in [3.05, 3.63) is 82.5 Å². The molecule has 0 radical (unpaired) electrons. The fourth-order valence-corrected chi connectivity index (χ4v) is 2.39. The van der Waals surface area contributed by atoms with Crippen LogP contribution in [0.4, 0.5) is 14.5 Å². The monoisotopic (exact) mass is 404 g/mol. The van der Waals surface area contributed by atoms with E-state index in [9.17, 15) is 13.6 Å². The average Bonchev–Trinajstić information content (AvgIpc) is 2.58. The number of amides is 1. The van der Waals surface area contributed by atoms with E-state index in [1.54, 1.807) is 12.1 Å². The summed E-state index contributed by atoms with van der Waals surface area (Å²) in [5.41, 5.74) is 0.103. The van der Waals surface area contributed by atoms with Crippen LogP contribution in [0.15, 0.2) is 65.3 Å². The van der Waals surface area contributed by atoms with Gasteiger partial charge in [0.2, 0.25) is 5.88 Å². The Morgan fingerprint density at radius 3 is 2.60 bits per heavy atom. The first-order valence-electron chi connectivity index (χ1n) is 7.17. The molecule has 0 saturated heterocycles. The second-order valence-corrected chi connectivity index (χ2v) is 5.94. The Labute approximate surface area is 150 Å². The van der Waals surface area contributed by atoms with Gasteiger partial charge in [-0.1, -0.05) is 22.0 Å². The van der Waals surface area contributed by atoms with Crippen molar-refractivity contribution < 1.29 is 18.3 Å². The Morgan fingerprint density at radius 1 is 1.08 bits per heavy atom. The van der Waals surface area contributed by atoms with Crippen LogP contribution in [0.25, 0.3) is 0 Å². The molecule has 1 heterocycles. The maximum atomic E-state index is 13.6. The first-order chi connectivity index (χ1) is 12.0. The summed E-state index contributed by atoms with van der Waals surface area (Å²) in [7, 11) is 0. The maximum Gasteiger partial charge on any atom is 0.257 e. The van der Waals surface area contributed by atoms with Crippen LogP contribution in [-0.2, 0) is 0 Å². The standard InChI is InChI=1S/C18H11BrF2N2O2/c19-12-2-1-3-14(8-12)25-17-7-4-11(10-22-17)18(24)23-16-6-5-13(20)9-15(16)21/h1-10H,(H,23,24). The Hall–Kier alpha value is -2.80. The van der Waals surface area contributed by atoms with Gasteiger partial charge in [-0.2, -0.15) is 0 Å². The number of rotatable bonds is 4. The SMILES string of the molecule is O=C(Nc1ccc(F)cc1F)c1ccc(Oc2cccc(Br)c2)nc1. The second kappa shape index (κ2) is 7.40. The molecule has 0 atom stereocenters. The summed E-state index contributed by atoms with van der Waals surface area (Å²) in [6, 6.07) is 13.2. The fourth-order valence-electron chi connectivity index (χ4n) is 2.01. The lowest BCUT2D eigenvalue weighted by Gasteiger charge is -2.08. The van der Waals surface area contributed by atoms with E-state index in [0.29, 0.717) is 17.7 Å². The Morgan fingerprint density at radius 2 is 1.92 bits per heavy atom. The van der Waals surface area contributed by atoms with E-state index in [4.69, 9.17) is 4.74 Å². The summed E-state index contributed by atoms with van der Waals surface area (Å²) in [6.07, 6.45) is 1.31. The van der Waals surface area contributed by atoms with Crippen LogP contribution >= 0.6 is 15.9 Å². The molecule has 7 heteroatoms. The molecule has 126 valence electrons. The number of anilines is 1. The molecule has 1 amide bonds. The van der Waals surface area contributed by atoms with Gasteiger partial charge in [0.1, 0.15) is 17.4 Å². The Bertz CT molecular complexity index is 917. The quantitative estimate of drug-likeness (QED) is 0.652. The molecule has 0 bridgehead atoms. The molecule has 4 nitrogen and oxygen atoms in total. The van der Waals surface area contributed by atoms with Gasteiger partial charge >= 0.3 is 0 Å². The zero-order valence-corrected chi connectivity index (χ0v) is 14.3. The third-order valence-electron chi connectivity index (χ3n) is 3.20. The van der Waals surface area contributed by atoms with E-state index < -0.39 is 17.5 Å². The number of hydrogen-bond acceptors (Lipinski definition) is 3. The number of ether oxygens (including phenoxy) is 1. The molecule has 1 aromatic heterocycles. The van der Waals surface area contributed by atoms with Gasteiger partial charge in [0.15, 0.2) is 0 Å². The molecule has 0 unspecified atom stereocenters. The van der Waals surface area contributed by atoms with Gasteiger partial charge in [-0.05, 0) is 36.4 Å². The largest absolute Gasteiger partial charge is 0.439 e. The van der Waals surface area contributed by atoms with E-state index in [-0.39, 0.29) is 11.3 Å². The van der Waals surface area contributed by atoms with Gasteiger partial charge in [0.05, 0.1) is 11.3 Å². The average molecular weight is 405 g/mol. The molecule has 3 rings (SSSR count). The number of carbonyl (C=O) groups excluding carboxylic acids is 1. The minimum absolute atomic E-state index is 0.110. The minimum atomic E-state index is -0.851. The van der Waals surface area contributed by atoms with Crippen LogP contribution in [0.3, 0.4) is 0 Å². The number of nitrogens with one attached hydrogen (secondary N) is 1. The maximum absolute atomic E-state index is 13.6. The predicted octanol–water partition coefficient (Wildman–Crippen LogP) is 5.17. The van der Waals surface area contributed by atoms with Crippen LogP contribution in [0.2, 0.25) is 0 Å². The molecule has 0 saturated carbocycles. The summed E-state index contributed by atoms with van der Waals surface area (Å²) in [5, 5.41) is 2.36. The van der Waals surface area contributed by atoms with Crippen molar-refractivity contribution in [2.45, 2.75) is 0 Å². The van der Waals surface area contributed by atoms with Crippen molar-refractivity contribution in [1.29, 1.82) is 0 Å². The lowest BCUT2D eigenvalue weighted by atomic mass is 10.2. The highest BCUT2D eigenvalue weighted by atomic mass is 79.9. The number of pyridine rings is 1. The third kappa shape index (κ3) is 4.39. The highest BCUT2D eigenvalue weighted by Gasteiger charge is 2.11. The van der Waals surface area contributed by atoms with Gasteiger partial charge in [-0.3, -0.25) is 4.79 Å². The summed E-state index contributed by atoms with van der Waals surface area (Å²) < 4.78 is 32.9. The van der Waals surface area contributed by atoms with Crippen molar-refractivity contribution in [2.24, 2.45) is 0 Å². The van der Waals surface area contributed by atoms with E-state index in [1.165, 1.54) is 18.3 Å². The number of hydrogen-bond donors (Lipinski definition) is 1.